The van der Waals surface area contributed by atoms with Crippen LogP contribution in [0.25, 0.3) is 10.9 Å². The van der Waals surface area contributed by atoms with E-state index in [1.165, 1.54) is 24.3 Å². The van der Waals surface area contributed by atoms with Gasteiger partial charge in [-0.05, 0) is 42.5 Å². The van der Waals surface area contributed by atoms with Crippen molar-refractivity contribution in [3.63, 3.8) is 0 Å². The molecule has 120 valence electrons. The summed E-state index contributed by atoms with van der Waals surface area (Å²) in [6.45, 7) is 0. The predicted molar refractivity (Wildman–Crippen MR) is 86.5 cm³/mol. The molecule has 23 heavy (non-hydrogen) atoms. The molecule has 0 aliphatic rings. The molecular weight excluding hydrogens is 338 g/mol. The van der Waals surface area contributed by atoms with Gasteiger partial charge in [0.05, 0.1) is 27.2 Å². The van der Waals surface area contributed by atoms with E-state index < -0.39 is 19.9 Å². The van der Waals surface area contributed by atoms with Crippen LogP contribution in [-0.2, 0) is 19.9 Å². The molecular formula is C14H13N3O4S2. The Morgan fingerprint density at radius 1 is 0.957 bits per heavy atom. The fourth-order valence-corrected chi connectivity index (χ4v) is 3.76. The van der Waals surface area contributed by atoms with Gasteiger partial charge in [-0.15, -0.1) is 0 Å². The normalized spacial score (nSPS) is 12.4. The molecule has 1 heterocycles. The van der Waals surface area contributed by atoms with Crippen LogP contribution in [0.1, 0.15) is 0 Å². The summed E-state index contributed by atoms with van der Waals surface area (Å²) in [7, 11) is -7.17. The van der Waals surface area contributed by atoms with Crippen LogP contribution in [0.3, 0.4) is 0 Å². The number of H-pyrrole nitrogens is 1. The number of sulfonamides is 1. The zero-order valence-electron chi connectivity index (χ0n) is 12.0. The highest BCUT2D eigenvalue weighted by molar-refractivity contribution is 7.92. The summed E-state index contributed by atoms with van der Waals surface area (Å²) in [6, 6.07) is 10.0. The van der Waals surface area contributed by atoms with Crippen LogP contribution in [-0.4, -0.2) is 33.3 Å². The Hall–Kier alpha value is -2.39. The van der Waals surface area contributed by atoms with Gasteiger partial charge < -0.3 is 0 Å². The van der Waals surface area contributed by atoms with Gasteiger partial charge in [-0.2, -0.15) is 5.10 Å². The minimum atomic E-state index is -3.81. The highest BCUT2D eigenvalue weighted by Crippen LogP contribution is 2.21. The zero-order valence-corrected chi connectivity index (χ0v) is 13.6. The van der Waals surface area contributed by atoms with Crippen LogP contribution in [0.5, 0.6) is 0 Å². The maximum atomic E-state index is 12.4. The van der Waals surface area contributed by atoms with Crippen molar-refractivity contribution < 1.29 is 16.8 Å². The molecule has 0 aliphatic carbocycles. The summed E-state index contributed by atoms with van der Waals surface area (Å²) in [6.07, 6.45) is 2.70. The van der Waals surface area contributed by atoms with Crippen LogP contribution < -0.4 is 4.72 Å². The molecule has 0 unspecified atom stereocenters. The van der Waals surface area contributed by atoms with E-state index in [4.69, 9.17) is 0 Å². The molecule has 0 atom stereocenters. The summed E-state index contributed by atoms with van der Waals surface area (Å²) in [4.78, 5) is 0.0462. The lowest BCUT2D eigenvalue weighted by Gasteiger charge is -2.08. The second-order valence-corrected chi connectivity index (χ2v) is 8.72. The first kappa shape index (κ1) is 15.5. The number of hydrogen-bond acceptors (Lipinski definition) is 5. The summed E-state index contributed by atoms with van der Waals surface area (Å²) in [5.41, 5.74) is 1.09. The van der Waals surface area contributed by atoms with E-state index in [9.17, 15) is 16.8 Å². The molecule has 0 amide bonds. The van der Waals surface area contributed by atoms with Crippen LogP contribution in [0.2, 0.25) is 0 Å². The minimum Gasteiger partial charge on any atom is -0.280 e. The Morgan fingerprint density at radius 2 is 1.61 bits per heavy atom. The number of nitrogens with one attached hydrogen (secondary N) is 2. The summed E-state index contributed by atoms with van der Waals surface area (Å²) < 4.78 is 50.0. The number of fused-ring (bicyclic) bond motifs is 1. The number of rotatable bonds is 4. The van der Waals surface area contributed by atoms with E-state index in [0.29, 0.717) is 11.2 Å². The number of aromatic nitrogens is 2. The number of nitrogens with zero attached hydrogens (tertiary/aromatic N) is 1. The molecule has 7 nitrogen and oxygen atoms in total. The molecule has 3 aromatic rings. The van der Waals surface area contributed by atoms with Gasteiger partial charge in [0.1, 0.15) is 0 Å². The van der Waals surface area contributed by atoms with E-state index in [0.717, 1.165) is 11.6 Å². The third kappa shape index (κ3) is 3.20. The highest BCUT2D eigenvalue weighted by atomic mass is 32.2. The molecule has 2 N–H and O–H groups in total. The van der Waals surface area contributed by atoms with Gasteiger partial charge in [0.2, 0.25) is 0 Å². The summed E-state index contributed by atoms with van der Waals surface area (Å²) in [5, 5.41) is 7.49. The number of hydrogen-bond donors (Lipinski definition) is 2. The molecule has 0 aliphatic heterocycles. The van der Waals surface area contributed by atoms with Crippen molar-refractivity contribution in [2.24, 2.45) is 0 Å². The Morgan fingerprint density at radius 3 is 2.26 bits per heavy atom. The monoisotopic (exact) mass is 351 g/mol. The number of sulfone groups is 1. The van der Waals surface area contributed by atoms with Gasteiger partial charge in [-0.3, -0.25) is 9.82 Å². The summed E-state index contributed by atoms with van der Waals surface area (Å²) in [5.74, 6) is 0. The van der Waals surface area contributed by atoms with Crippen LogP contribution >= 0.6 is 0 Å². The highest BCUT2D eigenvalue weighted by Gasteiger charge is 2.16. The molecule has 0 saturated carbocycles. The first-order chi connectivity index (χ1) is 10.8. The number of benzene rings is 2. The molecule has 0 saturated heterocycles. The Balaban J connectivity index is 1.91. The van der Waals surface area contributed by atoms with Crippen LogP contribution in [0.15, 0.2) is 58.5 Å². The Bertz CT molecular complexity index is 1070. The van der Waals surface area contributed by atoms with E-state index in [-0.39, 0.29) is 9.79 Å². The largest absolute Gasteiger partial charge is 0.280 e. The molecule has 0 radical (unpaired) electrons. The van der Waals surface area contributed by atoms with Crippen molar-refractivity contribution >= 4 is 36.5 Å². The van der Waals surface area contributed by atoms with Gasteiger partial charge >= 0.3 is 0 Å². The lowest BCUT2D eigenvalue weighted by Crippen LogP contribution is -2.13. The Labute approximate surface area is 133 Å². The van der Waals surface area contributed by atoms with Crippen molar-refractivity contribution in [3.05, 3.63) is 48.7 Å². The van der Waals surface area contributed by atoms with Crippen LogP contribution in [0, 0.1) is 0 Å². The quantitative estimate of drug-likeness (QED) is 0.744. The standard InChI is InChI=1S/C14H13N3O4S2/c1-22(18,19)12-4-6-13(7-5-12)23(20,21)17-11-3-2-10-9-15-16-14(10)8-11/h2-9,17H,1H3,(H,15,16). The van der Waals surface area contributed by atoms with Gasteiger partial charge in [-0.25, -0.2) is 16.8 Å². The lowest BCUT2D eigenvalue weighted by atomic mass is 10.2. The maximum absolute atomic E-state index is 12.4. The first-order valence-corrected chi connectivity index (χ1v) is 9.89. The fraction of sp³-hybridized carbons (Fsp3) is 0.0714. The van der Waals surface area contributed by atoms with Crippen molar-refractivity contribution in [1.82, 2.24) is 10.2 Å². The molecule has 2 aromatic carbocycles. The maximum Gasteiger partial charge on any atom is 0.261 e. The average molecular weight is 351 g/mol. The molecule has 9 heteroatoms. The molecule has 0 spiro atoms. The number of aromatic amines is 1. The number of anilines is 1. The van der Waals surface area contributed by atoms with E-state index in [2.05, 4.69) is 14.9 Å². The smallest absolute Gasteiger partial charge is 0.261 e. The van der Waals surface area contributed by atoms with Crippen molar-refractivity contribution in [2.45, 2.75) is 9.79 Å². The lowest BCUT2D eigenvalue weighted by molar-refractivity contribution is 0.597. The van der Waals surface area contributed by atoms with Gasteiger partial charge in [-0.1, -0.05) is 0 Å². The fourth-order valence-electron chi connectivity index (χ4n) is 2.08. The van der Waals surface area contributed by atoms with E-state index in [1.807, 2.05) is 0 Å². The second kappa shape index (κ2) is 5.36. The second-order valence-electron chi connectivity index (χ2n) is 5.02. The van der Waals surface area contributed by atoms with E-state index in [1.54, 1.807) is 24.4 Å². The van der Waals surface area contributed by atoms with Gasteiger partial charge in [0.15, 0.2) is 9.84 Å². The van der Waals surface area contributed by atoms with Crippen molar-refractivity contribution in [1.29, 1.82) is 0 Å². The molecule has 0 bridgehead atoms. The topological polar surface area (TPSA) is 109 Å². The van der Waals surface area contributed by atoms with Crippen molar-refractivity contribution in [2.75, 3.05) is 11.0 Å². The van der Waals surface area contributed by atoms with Gasteiger partial charge in [0, 0.05) is 11.6 Å². The third-order valence-electron chi connectivity index (χ3n) is 3.26. The average Bonchev–Trinajstić information content (AvgIpc) is 2.93. The SMILES string of the molecule is CS(=O)(=O)c1ccc(S(=O)(=O)Nc2ccc3cn[nH]c3c2)cc1. The predicted octanol–water partition coefficient (Wildman–Crippen LogP) is 1.77. The van der Waals surface area contributed by atoms with Crippen LogP contribution in [0.4, 0.5) is 5.69 Å². The molecule has 0 fully saturated rings. The van der Waals surface area contributed by atoms with E-state index >= 15 is 0 Å². The van der Waals surface area contributed by atoms with Crippen molar-refractivity contribution in [3.8, 4) is 0 Å². The van der Waals surface area contributed by atoms with Gasteiger partial charge in [0.25, 0.3) is 10.0 Å². The molecule has 1 aromatic heterocycles. The zero-order chi connectivity index (χ0) is 16.7. The molecule has 3 rings (SSSR count). The summed E-state index contributed by atoms with van der Waals surface area (Å²) >= 11 is 0. The Kier molecular flexibility index (Phi) is 3.61. The first-order valence-electron chi connectivity index (χ1n) is 6.52. The minimum absolute atomic E-state index is 0.0189. The third-order valence-corrected chi connectivity index (χ3v) is 5.78.